The number of carbonyl (C=O) groups is 1. The van der Waals surface area contributed by atoms with E-state index in [1.54, 1.807) is 31.3 Å². The van der Waals surface area contributed by atoms with Gasteiger partial charge in [-0.2, -0.15) is 0 Å². The van der Waals surface area contributed by atoms with Gasteiger partial charge >= 0.3 is 6.09 Å². The van der Waals surface area contributed by atoms with E-state index in [0.717, 1.165) is 74.0 Å². The third-order valence-electron chi connectivity index (χ3n) is 9.45. The Morgan fingerprint density at radius 2 is 1.40 bits per heavy atom. The maximum absolute atomic E-state index is 13.2. The number of sulfonamides is 1. The van der Waals surface area contributed by atoms with Gasteiger partial charge in [0.05, 0.1) is 4.90 Å². The normalized spacial score (nSPS) is 15.0. The van der Waals surface area contributed by atoms with Crippen LogP contribution >= 0.6 is 0 Å². The van der Waals surface area contributed by atoms with Crippen LogP contribution in [0.2, 0.25) is 0 Å². The summed E-state index contributed by atoms with van der Waals surface area (Å²) in [6.45, 7) is 4.30. The summed E-state index contributed by atoms with van der Waals surface area (Å²) < 4.78 is 28.0. The minimum Gasteiger partial charge on any atom is -0.465 e. The molecule has 1 atom stereocenters. The van der Waals surface area contributed by atoms with E-state index in [0.29, 0.717) is 30.4 Å². The number of amides is 1. The molecule has 7 nitrogen and oxygen atoms in total. The van der Waals surface area contributed by atoms with E-state index in [4.69, 9.17) is 0 Å². The van der Waals surface area contributed by atoms with Crippen LogP contribution in [0.5, 0.6) is 0 Å². The second kappa shape index (κ2) is 16.7. The minimum atomic E-state index is -3.56. The Morgan fingerprint density at radius 1 is 0.830 bits per heavy atom. The molecule has 5 rings (SSSR count). The number of benzene rings is 4. The van der Waals surface area contributed by atoms with Gasteiger partial charge in [0.15, 0.2) is 0 Å². The molecule has 8 heteroatoms. The number of nitrogens with zero attached hydrogens (tertiary/aromatic N) is 3. The van der Waals surface area contributed by atoms with Crippen LogP contribution in [0, 0.1) is 5.92 Å². The van der Waals surface area contributed by atoms with Crippen molar-refractivity contribution in [2.24, 2.45) is 5.92 Å². The van der Waals surface area contributed by atoms with Gasteiger partial charge in [0.1, 0.15) is 0 Å². The molecular formula is C39H47N3O4S. The van der Waals surface area contributed by atoms with Crippen molar-refractivity contribution >= 4 is 16.1 Å². The molecule has 4 aromatic rings. The number of carboxylic acid groups (broad SMARTS) is 1. The van der Waals surface area contributed by atoms with Gasteiger partial charge in [-0.25, -0.2) is 17.5 Å². The molecule has 4 aromatic carbocycles. The number of likely N-dealkylation sites (N-methyl/N-ethyl adjacent to an activating group) is 1. The van der Waals surface area contributed by atoms with E-state index in [1.807, 2.05) is 54.6 Å². The predicted molar refractivity (Wildman–Crippen MR) is 189 cm³/mol. The van der Waals surface area contributed by atoms with E-state index >= 15 is 0 Å². The summed E-state index contributed by atoms with van der Waals surface area (Å²) in [5.41, 5.74) is 4.44. The highest BCUT2D eigenvalue weighted by Crippen LogP contribution is 2.27. The number of likely N-dealkylation sites (tertiary alicyclic amines) is 1. The first-order valence-electron chi connectivity index (χ1n) is 16.7. The zero-order valence-corrected chi connectivity index (χ0v) is 28.1. The summed E-state index contributed by atoms with van der Waals surface area (Å²) in [6.07, 6.45) is 4.10. The van der Waals surface area contributed by atoms with Crippen molar-refractivity contribution in [2.75, 3.05) is 39.8 Å². The summed E-state index contributed by atoms with van der Waals surface area (Å²) >= 11 is 0. The third-order valence-corrected chi connectivity index (χ3v) is 11.3. The Morgan fingerprint density at radius 3 is 2.02 bits per heavy atom. The first-order valence-corrected chi connectivity index (χ1v) is 18.1. The fraction of sp³-hybridized carbons (Fsp3) is 0.359. The number of piperidine rings is 1. The molecule has 1 fully saturated rings. The van der Waals surface area contributed by atoms with Crippen LogP contribution in [0.25, 0.3) is 11.1 Å². The average Bonchev–Trinajstić information content (AvgIpc) is 3.11. The number of hydrogen-bond donors (Lipinski definition) is 1. The largest absolute Gasteiger partial charge is 0.465 e. The molecule has 1 heterocycles. The smallest absolute Gasteiger partial charge is 0.407 e. The Labute approximate surface area is 280 Å². The zero-order chi connectivity index (χ0) is 33.1. The molecule has 1 N–H and O–H groups in total. The fourth-order valence-corrected chi connectivity index (χ4v) is 7.81. The van der Waals surface area contributed by atoms with Gasteiger partial charge in [0, 0.05) is 26.7 Å². The Balaban J connectivity index is 1.07. The van der Waals surface area contributed by atoms with E-state index in [1.165, 1.54) is 9.21 Å². The lowest BCUT2D eigenvalue weighted by Gasteiger charge is -2.33. The van der Waals surface area contributed by atoms with Crippen LogP contribution in [-0.2, 0) is 16.6 Å². The Kier molecular flexibility index (Phi) is 12.2. The van der Waals surface area contributed by atoms with Gasteiger partial charge in [-0.1, -0.05) is 103 Å². The summed E-state index contributed by atoms with van der Waals surface area (Å²) in [7, 11) is -1.89. The molecule has 0 saturated carbocycles. The van der Waals surface area contributed by atoms with E-state index in [9.17, 15) is 18.3 Å². The standard InChI is InChI=1S/C39H47N3O4S/c1-40(47(45,46)38-17-9-4-10-18-38)31-37(35-15-7-3-8-16-35)25-29-41-27-23-32(24-28-41)12-11-26-42(39(43)44)30-33-19-21-36(22-20-33)34-13-5-2-6-14-34/h2-10,13-22,32,37H,11-12,23-31H2,1H3,(H,43,44). The first-order chi connectivity index (χ1) is 22.8. The zero-order valence-electron chi connectivity index (χ0n) is 27.3. The number of rotatable bonds is 15. The second-order valence-electron chi connectivity index (χ2n) is 12.7. The van der Waals surface area contributed by atoms with Gasteiger partial charge in [0.25, 0.3) is 0 Å². The van der Waals surface area contributed by atoms with Gasteiger partial charge in [-0.3, -0.25) is 0 Å². The molecule has 1 aliphatic heterocycles. The van der Waals surface area contributed by atoms with Crippen molar-refractivity contribution in [3.05, 3.63) is 126 Å². The maximum atomic E-state index is 13.2. The maximum Gasteiger partial charge on any atom is 0.407 e. The van der Waals surface area contributed by atoms with Crippen LogP contribution in [0.1, 0.15) is 49.1 Å². The van der Waals surface area contributed by atoms with Crippen LogP contribution in [0.4, 0.5) is 4.79 Å². The monoisotopic (exact) mass is 653 g/mol. The van der Waals surface area contributed by atoms with Crippen LogP contribution in [0.15, 0.2) is 120 Å². The van der Waals surface area contributed by atoms with Gasteiger partial charge < -0.3 is 14.9 Å². The second-order valence-corrected chi connectivity index (χ2v) is 14.7. The van der Waals surface area contributed by atoms with Gasteiger partial charge in [-0.05, 0) is 98.0 Å². The Hall–Kier alpha value is -3.98. The summed E-state index contributed by atoms with van der Waals surface area (Å²) in [5.74, 6) is 0.688. The molecule has 0 aliphatic carbocycles. The molecule has 0 aromatic heterocycles. The summed E-state index contributed by atoms with van der Waals surface area (Å²) in [6, 6.07) is 37.2. The van der Waals surface area contributed by atoms with Crippen LogP contribution < -0.4 is 0 Å². The van der Waals surface area contributed by atoms with Crippen molar-refractivity contribution in [3.8, 4) is 11.1 Å². The lowest BCUT2D eigenvalue weighted by Crippen LogP contribution is -2.37. The lowest BCUT2D eigenvalue weighted by molar-refractivity contribution is 0.136. The summed E-state index contributed by atoms with van der Waals surface area (Å²) in [4.78, 5) is 16.4. The molecule has 1 unspecified atom stereocenters. The molecular weight excluding hydrogens is 607 g/mol. The average molecular weight is 654 g/mol. The minimum absolute atomic E-state index is 0.0916. The van der Waals surface area contributed by atoms with Gasteiger partial charge in [0.2, 0.25) is 10.0 Å². The molecule has 47 heavy (non-hydrogen) atoms. The summed E-state index contributed by atoms with van der Waals surface area (Å²) in [5, 5.41) is 9.87. The fourth-order valence-electron chi connectivity index (χ4n) is 6.57. The molecule has 1 amide bonds. The molecule has 0 spiro atoms. The van der Waals surface area contributed by atoms with Crippen molar-refractivity contribution in [1.29, 1.82) is 0 Å². The van der Waals surface area contributed by atoms with E-state index in [-0.39, 0.29) is 5.92 Å². The molecule has 1 aliphatic rings. The molecule has 0 bridgehead atoms. The quantitative estimate of drug-likeness (QED) is 0.142. The highest BCUT2D eigenvalue weighted by molar-refractivity contribution is 7.89. The highest BCUT2D eigenvalue weighted by Gasteiger charge is 2.26. The van der Waals surface area contributed by atoms with Gasteiger partial charge in [-0.15, -0.1) is 0 Å². The highest BCUT2D eigenvalue weighted by atomic mass is 32.2. The molecule has 1 saturated heterocycles. The third kappa shape index (κ3) is 9.76. The van der Waals surface area contributed by atoms with Crippen molar-refractivity contribution in [1.82, 2.24) is 14.1 Å². The van der Waals surface area contributed by atoms with Crippen LogP contribution in [-0.4, -0.2) is 73.5 Å². The lowest BCUT2D eigenvalue weighted by atomic mass is 9.91. The topological polar surface area (TPSA) is 81.2 Å². The van der Waals surface area contributed by atoms with Crippen LogP contribution in [0.3, 0.4) is 0 Å². The first kappa shape index (κ1) is 34.4. The number of hydrogen-bond acceptors (Lipinski definition) is 4. The molecule has 0 radical (unpaired) electrons. The SMILES string of the molecule is CN(CC(CCN1CCC(CCCN(Cc2ccc(-c3ccccc3)cc2)C(=O)O)CC1)c1ccccc1)S(=O)(=O)c1ccccc1. The van der Waals surface area contributed by atoms with Crippen molar-refractivity contribution in [3.63, 3.8) is 0 Å². The molecule has 248 valence electrons. The Bertz CT molecular complexity index is 1630. The van der Waals surface area contributed by atoms with E-state index < -0.39 is 16.1 Å². The van der Waals surface area contributed by atoms with E-state index in [2.05, 4.69) is 41.3 Å². The van der Waals surface area contributed by atoms with Crippen molar-refractivity contribution < 1.29 is 18.3 Å². The van der Waals surface area contributed by atoms with Crippen molar-refractivity contribution in [2.45, 2.75) is 49.5 Å². The predicted octanol–water partition coefficient (Wildman–Crippen LogP) is 7.82.